The van der Waals surface area contributed by atoms with Crippen LogP contribution in [-0.4, -0.2) is 30.1 Å². The molecule has 0 bridgehead atoms. The van der Waals surface area contributed by atoms with Crippen LogP contribution in [0.1, 0.15) is 50.4 Å². The highest BCUT2D eigenvalue weighted by atomic mass is 16.5. The molecule has 2 amide bonds. The molecule has 1 aromatic rings. The van der Waals surface area contributed by atoms with Crippen LogP contribution in [0.5, 0.6) is 0 Å². The lowest BCUT2D eigenvalue weighted by atomic mass is 10.0. The lowest BCUT2D eigenvalue weighted by molar-refractivity contribution is -0.124. The number of hydrogen-bond acceptors (Lipinski definition) is 3. The molecule has 0 unspecified atom stereocenters. The molecule has 5 heteroatoms. The van der Waals surface area contributed by atoms with Crippen LogP contribution in [0.3, 0.4) is 0 Å². The Balaban J connectivity index is 2.03. The number of carbonyl (C=O) groups excluding carboxylic acids is 2. The molecule has 1 heterocycles. The van der Waals surface area contributed by atoms with E-state index in [0.717, 1.165) is 19.3 Å². The van der Waals surface area contributed by atoms with Gasteiger partial charge in [0, 0.05) is 23.4 Å². The maximum atomic E-state index is 12.3. The van der Waals surface area contributed by atoms with Crippen molar-refractivity contribution in [3.63, 3.8) is 0 Å². The second-order valence-corrected chi connectivity index (χ2v) is 6.26. The third-order valence-corrected chi connectivity index (χ3v) is 3.95. The molecule has 2 rings (SSSR count). The minimum Gasteiger partial charge on any atom is -0.368 e. The Bertz CT molecular complexity index is 549. The van der Waals surface area contributed by atoms with Crippen LogP contribution in [0.4, 0.5) is 5.69 Å². The van der Waals surface area contributed by atoms with Crippen LogP contribution >= 0.6 is 0 Å². The summed E-state index contributed by atoms with van der Waals surface area (Å²) in [6.45, 7) is 6.62. The predicted molar refractivity (Wildman–Crippen MR) is 85.9 cm³/mol. The number of carbonyl (C=O) groups is 2. The SMILES string of the molecule is CCC(C)(C)NC(=O)c1cccc(NC(=O)[C@H]2CCCO2)c1. The van der Waals surface area contributed by atoms with Gasteiger partial charge in [0.05, 0.1) is 0 Å². The third kappa shape index (κ3) is 4.31. The van der Waals surface area contributed by atoms with Crippen molar-refractivity contribution < 1.29 is 14.3 Å². The Morgan fingerprint density at radius 2 is 2.14 bits per heavy atom. The van der Waals surface area contributed by atoms with E-state index in [2.05, 4.69) is 10.6 Å². The largest absolute Gasteiger partial charge is 0.368 e. The molecule has 1 fully saturated rings. The van der Waals surface area contributed by atoms with Crippen LogP contribution < -0.4 is 10.6 Å². The first-order valence-corrected chi connectivity index (χ1v) is 7.76. The van der Waals surface area contributed by atoms with Gasteiger partial charge in [-0.15, -0.1) is 0 Å². The van der Waals surface area contributed by atoms with Gasteiger partial charge < -0.3 is 15.4 Å². The highest BCUT2D eigenvalue weighted by molar-refractivity contribution is 5.98. The number of rotatable bonds is 5. The van der Waals surface area contributed by atoms with E-state index in [4.69, 9.17) is 4.74 Å². The van der Waals surface area contributed by atoms with E-state index in [1.807, 2.05) is 20.8 Å². The number of benzene rings is 1. The fraction of sp³-hybridized carbons (Fsp3) is 0.529. The zero-order chi connectivity index (χ0) is 16.2. The Morgan fingerprint density at radius 1 is 1.36 bits per heavy atom. The second kappa shape index (κ2) is 6.92. The highest BCUT2D eigenvalue weighted by Gasteiger charge is 2.24. The van der Waals surface area contributed by atoms with Crippen LogP contribution in [0, 0.1) is 0 Å². The van der Waals surface area contributed by atoms with Gasteiger partial charge in [0.1, 0.15) is 6.10 Å². The van der Waals surface area contributed by atoms with Crippen LogP contribution in [-0.2, 0) is 9.53 Å². The standard InChI is InChI=1S/C17H24N2O3/c1-4-17(2,3)19-15(20)12-7-5-8-13(11-12)18-16(21)14-9-6-10-22-14/h5,7-8,11,14H,4,6,9-10H2,1-3H3,(H,18,21)(H,19,20)/t14-/m1/s1. The van der Waals surface area contributed by atoms with Gasteiger partial charge in [-0.05, 0) is 51.3 Å². The molecule has 0 radical (unpaired) electrons. The van der Waals surface area contributed by atoms with Crippen molar-refractivity contribution in [1.29, 1.82) is 0 Å². The normalized spacial score (nSPS) is 18.0. The first-order valence-electron chi connectivity index (χ1n) is 7.76. The Morgan fingerprint density at radius 3 is 2.77 bits per heavy atom. The Labute approximate surface area is 131 Å². The van der Waals surface area contributed by atoms with E-state index in [-0.39, 0.29) is 23.5 Å². The van der Waals surface area contributed by atoms with E-state index < -0.39 is 0 Å². The molecular weight excluding hydrogens is 280 g/mol. The number of nitrogens with one attached hydrogen (secondary N) is 2. The average molecular weight is 304 g/mol. The maximum Gasteiger partial charge on any atom is 0.253 e. The van der Waals surface area contributed by atoms with E-state index in [1.54, 1.807) is 24.3 Å². The molecule has 5 nitrogen and oxygen atoms in total. The summed E-state index contributed by atoms with van der Waals surface area (Å²) in [4.78, 5) is 24.3. The van der Waals surface area contributed by atoms with Crippen molar-refractivity contribution in [3.8, 4) is 0 Å². The summed E-state index contributed by atoms with van der Waals surface area (Å²) in [5.41, 5.74) is 0.891. The van der Waals surface area contributed by atoms with Gasteiger partial charge in [-0.25, -0.2) is 0 Å². The van der Waals surface area contributed by atoms with Crippen LogP contribution in [0.15, 0.2) is 24.3 Å². The molecule has 2 N–H and O–H groups in total. The lowest BCUT2D eigenvalue weighted by Gasteiger charge is -2.24. The molecule has 0 aromatic heterocycles. The van der Waals surface area contributed by atoms with Gasteiger partial charge in [0.25, 0.3) is 11.8 Å². The Kier molecular flexibility index (Phi) is 5.19. The van der Waals surface area contributed by atoms with Crippen molar-refractivity contribution in [1.82, 2.24) is 5.32 Å². The minimum absolute atomic E-state index is 0.139. The van der Waals surface area contributed by atoms with E-state index in [1.165, 1.54) is 0 Å². The van der Waals surface area contributed by atoms with Crippen LogP contribution in [0.25, 0.3) is 0 Å². The zero-order valence-corrected chi connectivity index (χ0v) is 13.4. The molecular formula is C17H24N2O3. The van der Waals surface area contributed by atoms with Crippen molar-refractivity contribution >= 4 is 17.5 Å². The Hall–Kier alpha value is -1.88. The van der Waals surface area contributed by atoms with E-state index >= 15 is 0 Å². The molecule has 0 aliphatic carbocycles. The van der Waals surface area contributed by atoms with Crippen molar-refractivity contribution in [3.05, 3.63) is 29.8 Å². The summed E-state index contributed by atoms with van der Waals surface area (Å²) >= 11 is 0. The predicted octanol–water partition coefficient (Wildman–Crippen LogP) is 2.72. The van der Waals surface area contributed by atoms with Gasteiger partial charge in [-0.1, -0.05) is 13.0 Å². The molecule has 1 aliphatic rings. The summed E-state index contributed by atoms with van der Waals surface area (Å²) in [5, 5.41) is 5.79. The third-order valence-electron chi connectivity index (χ3n) is 3.95. The van der Waals surface area contributed by atoms with Crippen molar-refractivity contribution in [2.75, 3.05) is 11.9 Å². The highest BCUT2D eigenvalue weighted by Crippen LogP contribution is 2.17. The molecule has 22 heavy (non-hydrogen) atoms. The molecule has 0 saturated carbocycles. The van der Waals surface area contributed by atoms with Gasteiger partial charge in [-0.2, -0.15) is 0 Å². The fourth-order valence-corrected chi connectivity index (χ4v) is 2.21. The number of ether oxygens (including phenoxy) is 1. The number of hydrogen-bond donors (Lipinski definition) is 2. The summed E-state index contributed by atoms with van der Waals surface area (Å²) in [5.74, 6) is -0.288. The van der Waals surface area contributed by atoms with Gasteiger partial charge in [-0.3, -0.25) is 9.59 Å². The smallest absolute Gasteiger partial charge is 0.253 e. The first-order chi connectivity index (χ1) is 10.4. The monoisotopic (exact) mass is 304 g/mol. The topological polar surface area (TPSA) is 67.4 Å². The number of amides is 2. The summed E-state index contributed by atoms with van der Waals surface area (Å²) in [7, 11) is 0. The minimum atomic E-state index is -0.378. The number of anilines is 1. The van der Waals surface area contributed by atoms with Gasteiger partial charge >= 0.3 is 0 Å². The van der Waals surface area contributed by atoms with E-state index in [9.17, 15) is 9.59 Å². The van der Waals surface area contributed by atoms with Crippen molar-refractivity contribution in [2.45, 2.75) is 51.7 Å². The molecule has 1 aliphatic heterocycles. The van der Waals surface area contributed by atoms with Crippen LogP contribution in [0.2, 0.25) is 0 Å². The summed E-state index contributed by atoms with van der Waals surface area (Å²) < 4.78 is 5.35. The zero-order valence-electron chi connectivity index (χ0n) is 13.4. The quantitative estimate of drug-likeness (QED) is 0.879. The molecule has 1 atom stereocenters. The second-order valence-electron chi connectivity index (χ2n) is 6.26. The fourth-order valence-electron chi connectivity index (χ4n) is 2.21. The summed E-state index contributed by atoms with van der Waals surface area (Å²) in [6.07, 6.45) is 2.12. The molecule has 120 valence electrons. The van der Waals surface area contributed by atoms with Crippen molar-refractivity contribution in [2.24, 2.45) is 0 Å². The first kappa shape index (κ1) is 16.5. The maximum absolute atomic E-state index is 12.3. The van der Waals surface area contributed by atoms with Gasteiger partial charge in [0.15, 0.2) is 0 Å². The molecule has 1 saturated heterocycles. The molecule has 1 aromatic carbocycles. The average Bonchev–Trinajstić information content (AvgIpc) is 3.01. The van der Waals surface area contributed by atoms with E-state index in [0.29, 0.717) is 17.9 Å². The molecule has 0 spiro atoms. The van der Waals surface area contributed by atoms with Gasteiger partial charge in [0.2, 0.25) is 0 Å². The lowest BCUT2D eigenvalue weighted by Crippen LogP contribution is -2.42. The summed E-state index contributed by atoms with van der Waals surface area (Å²) in [6, 6.07) is 6.96.